The van der Waals surface area contributed by atoms with E-state index in [1.165, 1.54) is 12.1 Å². The molecule has 1 aliphatic rings. The van der Waals surface area contributed by atoms with Gasteiger partial charge in [-0.05, 0) is 36.6 Å². The van der Waals surface area contributed by atoms with Gasteiger partial charge in [0.1, 0.15) is 11.9 Å². The van der Waals surface area contributed by atoms with Gasteiger partial charge in [-0.25, -0.2) is 4.39 Å². The van der Waals surface area contributed by atoms with Crippen molar-refractivity contribution in [3.63, 3.8) is 0 Å². The highest BCUT2D eigenvalue weighted by atomic mass is 19.1. The molecule has 2 amide bonds. The molecule has 0 unspecified atom stereocenters. The number of hydrogen-bond acceptors (Lipinski definition) is 2. The Kier molecular flexibility index (Phi) is 3.37. The molecule has 1 atom stereocenters. The van der Waals surface area contributed by atoms with Crippen LogP contribution in [0.25, 0.3) is 10.9 Å². The second kappa shape index (κ2) is 5.20. The lowest BCUT2D eigenvalue weighted by molar-refractivity contribution is -0.136. The minimum atomic E-state index is -0.500. The number of halogens is 1. The van der Waals surface area contributed by atoms with Gasteiger partial charge in [-0.1, -0.05) is 0 Å². The first kappa shape index (κ1) is 13.6. The van der Waals surface area contributed by atoms with E-state index in [0.29, 0.717) is 18.5 Å². The standard InChI is InChI=1S/C15H16FN3O2/c16-10-3-4-11-9(8-18-12(11)7-10)6-14(20)19-5-1-2-13(19)15(17)21/h3-4,7-8,13,18H,1-2,5-6H2,(H2,17,21)/t13-/m0/s1. The minimum absolute atomic E-state index is 0.124. The SMILES string of the molecule is NC(=O)[C@@H]1CCCN1C(=O)Cc1c[nH]c2cc(F)ccc12. The third-order valence-corrected chi connectivity index (χ3v) is 3.97. The third kappa shape index (κ3) is 2.49. The molecule has 2 heterocycles. The Bertz CT molecular complexity index is 710. The van der Waals surface area contributed by atoms with Crippen LogP contribution in [0.15, 0.2) is 24.4 Å². The number of aromatic nitrogens is 1. The van der Waals surface area contributed by atoms with Crippen LogP contribution in [0.4, 0.5) is 4.39 Å². The van der Waals surface area contributed by atoms with Gasteiger partial charge in [0.15, 0.2) is 0 Å². The zero-order valence-electron chi connectivity index (χ0n) is 11.4. The van der Waals surface area contributed by atoms with Crippen molar-refractivity contribution in [3.8, 4) is 0 Å². The van der Waals surface area contributed by atoms with Gasteiger partial charge in [0.25, 0.3) is 0 Å². The molecule has 0 saturated carbocycles. The van der Waals surface area contributed by atoms with Crippen LogP contribution in [0.2, 0.25) is 0 Å². The molecule has 1 aromatic heterocycles. The number of fused-ring (bicyclic) bond motifs is 1. The number of nitrogens with zero attached hydrogens (tertiary/aromatic N) is 1. The second-order valence-corrected chi connectivity index (χ2v) is 5.33. The summed E-state index contributed by atoms with van der Waals surface area (Å²) in [6.45, 7) is 0.559. The summed E-state index contributed by atoms with van der Waals surface area (Å²) < 4.78 is 13.1. The van der Waals surface area contributed by atoms with Crippen molar-refractivity contribution in [3.05, 3.63) is 35.8 Å². The van der Waals surface area contributed by atoms with Crippen LogP contribution in [0.1, 0.15) is 18.4 Å². The van der Waals surface area contributed by atoms with Crippen LogP contribution in [0.3, 0.4) is 0 Å². The molecular formula is C15H16FN3O2. The number of primary amides is 1. The van der Waals surface area contributed by atoms with Crippen molar-refractivity contribution in [2.75, 3.05) is 6.54 Å². The molecule has 1 aromatic carbocycles. The summed E-state index contributed by atoms with van der Waals surface area (Å²) in [6.07, 6.45) is 3.30. The second-order valence-electron chi connectivity index (χ2n) is 5.33. The largest absolute Gasteiger partial charge is 0.368 e. The Balaban J connectivity index is 1.82. The van der Waals surface area contributed by atoms with Crippen molar-refractivity contribution in [1.29, 1.82) is 0 Å². The average Bonchev–Trinajstić information content (AvgIpc) is 3.05. The van der Waals surface area contributed by atoms with E-state index in [2.05, 4.69) is 4.98 Å². The third-order valence-electron chi connectivity index (χ3n) is 3.97. The molecule has 5 nitrogen and oxygen atoms in total. The molecule has 1 saturated heterocycles. The van der Waals surface area contributed by atoms with E-state index in [4.69, 9.17) is 5.73 Å². The number of nitrogens with two attached hydrogens (primary N) is 1. The van der Waals surface area contributed by atoms with E-state index in [0.717, 1.165) is 17.4 Å². The predicted molar refractivity (Wildman–Crippen MR) is 75.9 cm³/mol. The van der Waals surface area contributed by atoms with Crippen LogP contribution >= 0.6 is 0 Å². The molecule has 110 valence electrons. The lowest BCUT2D eigenvalue weighted by atomic mass is 10.1. The molecule has 3 rings (SSSR count). The predicted octanol–water partition coefficient (Wildman–Crippen LogP) is 1.33. The Morgan fingerprint density at radius 2 is 2.24 bits per heavy atom. The van der Waals surface area contributed by atoms with Gasteiger partial charge >= 0.3 is 0 Å². The maximum atomic E-state index is 13.1. The number of likely N-dealkylation sites (tertiary alicyclic amines) is 1. The van der Waals surface area contributed by atoms with Gasteiger partial charge in [0.2, 0.25) is 11.8 Å². The van der Waals surface area contributed by atoms with Gasteiger partial charge in [0, 0.05) is 23.6 Å². The molecule has 0 radical (unpaired) electrons. The zero-order valence-corrected chi connectivity index (χ0v) is 11.4. The first-order valence-electron chi connectivity index (χ1n) is 6.90. The topological polar surface area (TPSA) is 79.2 Å². The molecule has 6 heteroatoms. The Labute approximate surface area is 120 Å². The van der Waals surface area contributed by atoms with Crippen molar-refractivity contribution in [2.24, 2.45) is 5.73 Å². The number of aromatic amines is 1. The molecule has 21 heavy (non-hydrogen) atoms. The van der Waals surface area contributed by atoms with E-state index >= 15 is 0 Å². The summed E-state index contributed by atoms with van der Waals surface area (Å²) in [4.78, 5) is 28.2. The van der Waals surface area contributed by atoms with Gasteiger partial charge in [-0.15, -0.1) is 0 Å². The Morgan fingerprint density at radius 1 is 1.43 bits per heavy atom. The molecule has 3 N–H and O–H groups in total. The van der Waals surface area contributed by atoms with Crippen LogP contribution in [0.5, 0.6) is 0 Å². The highest BCUT2D eigenvalue weighted by molar-refractivity contribution is 5.91. The van der Waals surface area contributed by atoms with Gasteiger partial charge in [-0.2, -0.15) is 0 Å². The van der Waals surface area contributed by atoms with E-state index in [9.17, 15) is 14.0 Å². The van der Waals surface area contributed by atoms with Gasteiger partial charge in [0.05, 0.1) is 6.42 Å². The summed E-state index contributed by atoms with van der Waals surface area (Å²) in [6, 6.07) is 3.91. The van der Waals surface area contributed by atoms with E-state index in [1.54, 1.807) is 17.2 Å². The minimum Gasteiger partial charge on any atom is -0.368 e. The summed E-state index contributed by atoms with van der Waals surface area (Å²) in [5.74, 6) is -0.904. The molecular weight excluding hydrogens is 273 g/mol. The quantitative estimate of drug-likeness (QED) is 0.894. The molecule has 0 aliphatic carbocycles. The van der Waals surface area contributed by atoms with Crippen molar-refractivity contribution in [1.82, 2.24) is 9.88 Å². The Hall–Kier alpha value is -2.37. The van der Waals surface area contributed by atoms with Gasteiger partial charge < -0.3 is 15.6 Å². The highest BCUT2D eigenvalue weighted by Gasteiger charge is 2.32. The first-order chi connectivity index (χ1) is 10.1. The molecule has 1 aliphatic heterocycles. The fourth-order valence-corrected chi connectivity index (χ4v) is 2.93. The number of carbonyl (C=O) groups is 2. The average molecular weight is 289 g/mol. The van der Waals surface area contributed by atoms with Gasteiger partial charge in [-0.3, -0.25) is 9.59 Å². The van der Waals surface area contributed by atoms with Crippen LogP contribution in [-0.2, 0) is 16.0 Å². The summed E-state index contributed by atoms with van der Waals surface area (Å²) in [5.41, 5.74) is 6.78. The van der Waals surface area contributed by atoms with Crippen LogP contribution < -0.4 is 5.73 Å². The summed E-state index contributed by atoms with van der Waals surface area (Å²) in [5, 5.41) is 0.819. The number of H-pyrrole nitrogens is 1. The Morgan fingerprint density at radius 3 is 3.00 bits per heavy atom. The number of rotatable bonds is 3. The molecule has 0 spiro atoms. The van der Waals surface area contributed by atoms with Crippen molar-refractivity contribution < 1.29 is 14.0 Å². The van der Waals surface area contributed by atoms with Crippen molar-refractivity contribution >= 4 is 22.7 Å². The van der Waals surface area contributed by atoms with E-state index in [1.807, 2.05) is 0 Å². The number of amides is 2. The van der Waals surface area contributed by atoms with Crippen LogP contribution in [0, 0.1) is 5.82 Å². The fourth-order valence-electron chi connectivity index (χ4n) is 2.93. The molecule has 2 aromatic rings. The first-order valence-corrected chi connectivity index (χ1v) is 6.90. The maximum absolute atomic E-state index is 13.1. The maximum Gasteiger partial charge on any atom is 0.240 e. The highest BCUT2D eigenvalue weighted by Crippen LogP contribution is 2.23. The number of carbonyl (C=O) groups excluding carboxylic acids is 2. The number of benzene rings is 1. The lowest BCUT2D eigenvalue weighted by Gasteiger charge is -2.22. The normalized spacial score (nSPS) is 18.3. The summed E-state index contributed by atoms with van der Waals surface area (Å²) in [7, 11) is 0. The zero-order chi connectivity index (χ0) is 15.0. The van der Waals surface area contributed by atoms with Crippen LogP contribution in [-0.4, -0.2) is 34.3 Å². The number of hydrogen-bond donors (Lipinski definition) is 2. The molecule has 1 fully saturated rings. The lowest BCUT2D eigenvalue weighted by Crippen LogP contribution is -2.44. The molecule has 0 bridgehead atoms. The summed E-state index contributed by atoms with van der Waals surface area (Å²) >= 11 is 0. The van der Waals surface area contributed by atoms with E-state index in [-0.39, 0.29) is 18.1 Å². The fraction of sp³-hybridized carbons (Fsp3) is 0.333. The monoisotopic (exact) mass is 289 g/mol. The van der Waals surface area contributed by atoms with Crippen molar-refractivity contribution in [2.45, 2.75) is 25.3 Å². The number of nitrogens with one attached hydrogen (secondary N) is 1. The van der Waals surface area contributed by atoms with E-state index < -0.39 is 11.9 Å². The smallest absolute Gasteiger partial charge is 0.240 e.